The molecule has 1 aliphatic heterocycles. The zero-order chi connectivity index (χ0) is 23.3. The van der Waals surface area contributed by atoms with Gasteiger partial charge in [0.05, 0.1) is 43.9 Å². The number of methoxy groups -OCH3 is 2. The summed E-state index contributed by atoms with van der Waals surface area (Å²) < 4.78 is 43.4. The summed E-state index contributed by atoms with van der Waals surface area (Å²) >= 11 is 0. The quantitative estimate of drug-likeness (QED) is 0.648. The molecule has 1 aliphatic rings. The van der Waals surface area contributed by atoms with Gasteiger partial charge in [0.1, 0.15) is 11.5 Å². The smallest absolute Gasteiger partial charge is 0.255 e. The molecule has 1 amide bonds. The van der Waals surface area contributed by atoms with Gasteiger partial charge in [-0.05, 0) is 48.7 Å². The fourth-order valence-corrected chi connectivity index (χ4v) is 5.17. The fraction of sp³-hybridized carbons (Fsp3) is 0.435. The highest BCUT2D eigenvalue weighted by molar-refractivity contribution is 7.89. The number of carbonyl (C=O) groups is 1. The van der Waals surface area contributed by atoms with Crippen LogP contribution in [0, 0.1) is 6.92 Å². The van der Waals surface area contributed by atoms with Crippen molar-refractivity contribution in [2.24, 2.45) is 0 Å². The number of aryl methyl sites for hydroxylation is 1. The van der Waals surface area contributed by atoms with Crippen LogP contribution in [0.15, 0.2) is 41.3 Å². The molecular formula is C23H30N2O6S. The zero-order valence-corrected chi connectivity index (χ0v) is 19.7. The van der Waals surface area contributed by atoms with Crippen molar-refractivity contribution in [3.63, 3.8) is 0 Å². The van der Waals surface area contributed by atoms with Crippen molar-refractivity contribution in [3.8, 4) is 11.5 Å². The Morgan fingerprint density at radius 1 is 1.09 bits per heavy atom. The lowest BCUT2D eigenvalue weighted by Crippen LogP contribution is -2.40. The predicted molar refractivity (Wildman–Crippen MR) is 121 cm³/mol. The summed E-state index contributed by atoms with van der Waals surface area (Å²) in [5.41, 5.74) is 2.08. The highest BCUT2D eigenvalue weighted by Gasteiger charge is 2.28. The molecule has 0 bridgehead atoms. The molecule has 0 unspecified atom stereocenters. The van der Waals surface area contributed by atoms with Crippen LogP contribution < -0.4 is 14.8 Å². The maximum absolute atomic E-state index is 13.2. The van der Waals surface area contributed by atoms with Gasteiger partial charge in [-0.3, -0.25) is 4.79 Å². The third-order valence-electron chi connectivity index (χ3n) is 5.56. The normalized spacial score (nSPS) is 15.8. The Kier molecular flexibility index (Phi) is 7.76. The summed E-state index contributed by atoms with van der Waals surface area (Å²) in [5, 5.41) is 3.01. The van der Waals surface area contributed by atoms with Crippen LogP contribution in [-0.4, -0.2) is 59.2 Å². The van der Waals surface area contributed by atoms with Crippen LogP contribution in [0.5, 0.6) is 11.5 Å². The topological polar surface area (TPSA) is 94.2 Å². The van der Waals surface area contributed by atoms with Crippen LogP contribution in [0.3, 0.4) is 0 Å². The highest BCUT2D eigenvalue weighted by atomic mass is 32.2. The molecular weight excluding hydrogens is 432 g/mol. The van der Waals surface area contributed by atoms with Crippen molar-refractivity contribution < 1.29 is 27.4 Å². The van der Waals surface area contributed by atoms with Crippen LogP contribution >= 0.6 is 0 Å². The van der Waals surface area contributed by atoms with Gasteiger partial charge in [-0.15, -0.1) is 0 Å². The van der Waals surface area contributed by atoms with E-state index in [4.69, 9.17) is 14.2 Å². The van der Waals surface area contributed by atoms with E-state index >= 15 is 0 Å². The number of hydrogen-bond donors (Lipinski definition) is 1. The first-order chi connectivity index (χ1) is 15.3. The predicted octanol–water partition coefficient (Wildman–Crippen LogP) is 2.91. The second-order valence-electron chi connectivity index (χ2n) is 7.54. The van der Waals surface area contributed by atoms with E-state index in [1.54, 1.807) is 7.11 Å². The van der Waals surface area contributed by atoms with Gasteiger partial charge in [0.25, 0.3) is 5.91 Å². The highest BCUT2D eigenvalue weighted by Crippen LogP contribution is 2.28. The van der Waals surface area contributed by atoms with E-state index in [0.717, 1.165) is 16.9 Å². The standard InChI is InChI=1S/C23H30N2O6S/c1-5-20(17-6-8-21(29-3)16(2)14-17)24-23(26)19-15-18(7-9-22(19)30-4)32(27,28)25-10-12-31-13-11-25/h6-9,14-15,20H,5,10-13H2,1-4H3,(H,24,26)/t20-/m1/s1. The number of nitrogens with one attached hydrogen (secondary N) is 1. The van der Waals surface area contributed by atoms with Gasteiger partial charge in [-0.1, -0.05) is 19.1 Å². The average Bonchev–Trinajstić information content (AvgIpc) is 2.82. The van der Waals surface area contributed by atoms with E-state index < -0.39 is 15.9 Å². The zero-order valence-electron chi connectivity index (χ0n) is 18.9. The molecule has 1 N–H and O–H groups in total. The van der Waals surface area contributed by atoms with Crippen molar-refractivity contribution in [2.45, 2.75) is 31.2 Å². The molecule has 2 aromatic rings. The summed E-state index contributed by atoms with van der Waals surface area (Å²) in [6.07, 6.45) is 0.658. The fourth-order valence-electron chi connectivity index (χ4n) is 3.74. The van der Waals surface area contributed by atoms with Crippen LogP contribution in [0.1, 0.15) is 40.9 Å². The number of nitrogens with zero attached hydrogens (tertiary/aromatic N) is 1. The number of rotatable bonds is 8. The van der Waals surface area contributed by atoms with Crippen molar-refractivity contribution in [1.29, 1.82) is 0 Å². The molecule has 2 aromatic carbocycles. The Balaban J connectivity index is 1.89. The van der Waals surface area contributed by atoms with Gasteiger partial charge in [-0.25, -0.2) is 8.42 Å². The van der Waals surface area contributed by atoms with Gasteiger partial charge in [0.2, 0.25) is 10.0 Å². The maximum atomic E-state index is 13.2. The van der Waals surface area contributed by atoms with Crippen LogP contribution in [-0.2, 0) is 14.8 Å². The van der Waals surface area contributed by atoms with Gasteiger partial charge in [0.15, 0.2) is 0 Å². The van der Waals surface area contributed by atoms with Gasteiger partial charge < -0.3 is 19.5 Å². The Hall–Kier alpha value is -2.62. The molecule has 1 atom stereocenters. The van der Waals surface area contributed by atoms with Crippen molar-refractivity contribution >= 4 is 15.9 Å². The van der Waals surface area contributed by atoms with Crippen LogP contribution in [0.4, 0.5) is 0 Å². The lowest BCUT2D eigenvalue weighted by Gasteiger charge is -2.26. The SMILES string of the molecule is CC[C@@H](NC(=O)c1cc(S(=O)(=O)N2CCOCC2)ccc1OC)c1ccc(OC)c(C)c1. The van der Waals surface area contributed by atoms with Crippen molar-refractivity contribution in [2.75, 3.05) is 40.5 Å². The van der Waals surface area contributed by atoms with E-state index in [1.165, 1.54) is 29.6 Å². The molecule has 32 heavy (non-hydrogen) atoms. The molecule has 3 rings (SSSR count). The number of hydrogen-bond acceptors (Lipinski definition) is 6. The first-order valence-electron chi connectivity index (χ1n) is 10.5. The minimum atomic E-state index is -3.74. The number of amides is 1. The molecule has 1 fully saturated rings. The Morgan fingerprint density at radius 2 is 1.75 bits per heavy atom. The summed E-state index contributed by atoms with van der Waals surface area (Å²) in [4.78, 5) is 13.2. The van der Waals surface area contributed by atoms with Crippen molar-refractivity contribution in [1.82, 2.24) is 9.62 Å². The van der Waals surface area contributed by atoms with Gasteiger partial charge in [-0.2, -0.15) is 4.31 Å². The lowest BCUT2D eigenvalue weighted by molar-refractivity contribution is 0.0730. The second-order valence-corrected chi connectivity index (χ2v) is 9.48. The minimum absolute atomic E-state index is 0.0543. The molecule has 0 aromatic heterocycles. The average molecular weight is 463 g/mol. The summed E-state index contributed by atoms with van der Waals surface area (Å²) in [6.45, 7) is 5.18. The lowest BCUT2D eigenvalue weighted by atomic mass is 10.0. The second kappa shape index (κ2) is 10.3. The number of benzene rings is 2. The van der Waals surface area contributed by atoms with E-state index in [9.17, 15) is 13.2 Å². The summed E-state index contributed by atoms with van der Waals surface area (Å²) in [5.74, 6) is 0.683. The Bertz CT molecular complexity index is 1060. The Labute approximate surface area is 189 Å². The number of sulfonamides is 1. The van der Waals surface area contributed by atoms with E-state index in [1.807, 2.05) is 32.0 Å². The molecule has 1 saturated heterocycles. The Morgan fingerprint density at radius 3 is 2.34 bits per heavy atom. The first kappa shape index (κ1) is 24.0. The molecule has 0 spiro atoms. The molecule has 8 nitrogen and oxygen atoms in total. The van der Waals surface area contributed by atoms with E-state index in [-0.39, 0.29) is 29.6 Å². The van der Waals surface area contributed by atoms with Crippen LogP contribution in [0.25, 0.3) is 0 Å². The number of carbonyl (C=O) groups excluding carboxylic acids is 1. The molecule has 0 radical (unpaired) electrons. The largest absolute Gasteiger partial charge is 0.496 e. The molecule has 9 heteroatoms. The minimum Gasteiger partial charge on any atom is -0.496 e. The third kappa shape index (κ3) is 5.06. The maximum Gasteiger partial charge on any atom is 0.255 e. The van der Waals surface area contributed by atoms with Crippen LogP contribution in [0.2, 0.25) is 0 Å². The summed E-state index contributed by atoms with van der Waals surface area (Å²) in [6, 6.07) is 9.86. The first-order valence-corrected chi connectivity index (χ1v) is 12.0. The van der Waals surface area contributed by atoms with Crippen molar-refractivity contribution in [3.05, 3.63) is 53.1 Å². The molecule has 1 heterocycles. The molecule has 174 valence electrons. The molecule has 0 aliphatic carbocycles. The monoisotopic (exact) mass is 462 g/mol. The third-order valence-corrected chi connectivity index (χ3v) is 7.45. The number of ether oxygens (including phenoxy) is 3. The van der Waals surface area contributed by atoms with E-state index in [2.05, 4.69) is 5.32 Å². The van der Waals surface area contributed by atoms with E-state index in [0.29, 0.717) is 25.4 Å². The summed E-state index contributed by atoms with van der Waals surface area (Å²) in [7, 11) is -0.671. The van der Waals surface area contributed by atoms with Gasteiger partial charge >= 0.3 is 0 Å². The molecule has 0 saturated carbocycles. The van der Waals surface area contributed by atoms with Gasteiger partial charge in [0, 0.05) is 13.1 Å². The number of morpholine rings is 1.